The van der Waals surface area contributed by atoms with Crippen molar-refractivity contribution in [3.05, 3.63) is 65.5 Å². The second-order valence-corrected chi connectivity index (χ2v) is 8.49. The van der Waals surface area contributed by atoms with Crippen molar-refractivity contribution in [3.8, 4) is 5.75 Å². The number of nitrogens with zero attached hydrogens (tertiary/aromatic N) is 3. The van der Waals surface area contributed by atoms with E-state index < -0.39 is 42.2 Å². The molecule has 37 heavy (non-hydrogen) atoms. The van der Waals surface area contributed by atoms with Crippen LogP contribution in [-0.2, 0) is 22.3 Å². The molecular weight excluding hydrogens is 520 g/mol. The van der Waals surface area contributed by atoms with Crippen LogP contribution in [0.1, 0.15) is 11.1 Å². The molecule has 0 saturated carbocycles. The lowest BCUT2D eigenvalue weighted by Gasteiger charge is -2.35. The first-order chi connectivity index (χ1) is 17.1. The van der Waals surface area contributed by atoms with Gasteiger partial charge < -0.3 is 15.0 Å². The number of alkyl halides is 3. The van der Waals surface area contributed by atoms with Gasteiger partial charge in [0.15, 0.2) is 0 Å². The average molecular weight is 545 g/mol. The van der Waals surface area contributed by atoms with Crippen LogP contribution in [0.3, 0.4) is 0 Å². The molecule has 2 aromatic rings. The molecule has 4 rings (SSSR count). The molecule has 0 bridgehead atoms. The molecule has 0 aliphatic carbocycles. The van der Waals surface area contributed by atoms with E-state index in [2.05, 4.69) is 5.32 Å². The van der Waals surface area contributed by atoms with E-state index in [9.17, 15) is 31.9 Å². The fourth-order valence-corrected chi connectivity index (χ4v) is 4.14. The number of urea groups is 1. The average Bonchev–Trinajstić information content (AvgIpc) is 3.08. The highest BCUT2D eigenvalue weighted by Crippen LogP contribution is 2.29. The summed E-state index contributed by atoms with van der Waals surface area (Å²) in [4.78, 5) is 42.2. The van der Waals surface area contributed by atoms with Crippen molar-refractivity contribution < 1.29 is 36.7 Å². The molecule has 2 saturated heterocycles. The lowest BCUT2D eigenvalue weighted by molar-refractivity contribution is -0.137. The van der Waals surface area contributed by atoms with Crippen LogP contribution in [0, 0.1) is 5.82 Å². The van der Waals surface area contributed by atoms with Crippen molar-refractivity contribution in [2.45, 2.75) is 18.8 Å². The Morgan fingerprint density at radius 3 is 2.51 bits per heavy atom. The third-order valence-corrected chi connectivity index (χ3v) is 6.03. The molecule has 200 valence electrons. The van der Waals surface area contributed by atoms with Crippen LogP contribution < -0.4 is 10.1 Å². The maximum atomic E-state index is 13.0. The van der Waals surface area contributed by atoms with Crippen LogP contribution in [0.25, 0.3) is 0 Å². The maximum Gasteiger partial charge on any atom is 0.416 e. The molecule has 2 aliphatic heterocycles. The van der Waals surface area contributed by atoms with Crippen molar-refractivity contribution in [1.82, 2.24) is 20.0 Å². The van der Waals surface area contributed by atoms with Gasteiger partial charge in [0.25, 0.3) is 5.91 Å². The SMILES string of the molecule is Cl.O=C(CN1C(=O)C2CN(CCOc3ccc(F)cc3)CCN2C1=O)NCc1cccc(C(F)(F)F)c1. The fourth-order valence-electron chi connectivity index (χ4n) is 4.14. The standard InChI is InChI=1S/C24H24F4N4O4.ClH/c25-18-4-6-19(7-5-18)36-11-10-30-8-9-31-20(14-30)22(34)32(23(31)35)15-21(33)29-13-16-2-1-3-17(12-16)24(26,27)28;/h1-7,12,20H,8-11,13-15H2,(H,29,33);1H. The van der Waals surface area contributed by atoms with Gasteiger partial charge in [0.1, 0.15) is 30.8 Å². The minimum Gasteiger partial charge on any atom is -0.492 e. The van der Waals surface area contributed by atoms with Gasteiger partial charge in [-0.3, -0.25) is 19.4 Å². The third kappa shape index (κ3) is 6.89. The summed E-state index contributed by atoms with van der Waals surface area (Å²) in [6.07, 6.45) is -4.50. The second kappa shape index (κ2) is 11.8. The predicted molar refractivity (Wildman–Crippen MR) is 126 cm³/mol. The zero-order valence-electron chi connectivity index (χ0n) is 19.5. The summed E-state index contributed by atoms with van der Waals surface area (Å²) in [5, 5.41) is 2.46. The molecule has 2 heterocycles. The predicted octanol–water partition coefficient (Wildman–Crippen LogP) is 2.91. The summed E-state index contributed by atoms with van der Waals surface area (Å²) in [5.41, 5.74) is -0.586. The van der Waals surface area contributed by atoms with Crippen LogP contribution in [0.5, 0.6) is 5.75 Å². The van der Waals surface area contributed by atoms with E-state index in [1.807, 2.05) is 4.90 Å². The normalized spacial score (nSPS) is 17.9. The first-order valence-electron chi connectivity index (χ1n) is 11.3. The molecule has 1 N–H and O–H groups in total. The van der Waals surface area contributed by atoms with E-state index in [1.54, 1.807) is 0 Å². The van der Waals surface area contributed by atoms with Gasteiger partial charge in [0, 0.05) is 32.7 Å². The number of benzene rings is 2. The first kappa shape index (κ1) is 28.2. The summed E-state index contributed by atoms with van der Waals surface area (Å²) in [6.45, 7) is 1.19. The quantitative estimate of drug-likeness (QED) is 0.408. The molecular formula is C24H25ClF4N4O4. The Balaban J connectivity index is 0.00000380. The molecule has 0 radical (unpaired) electrons. The minimum atomic E-state index is -4.50. The number of halogens is 5. The van der Waals surface area contributed by atoms with Crippen molar-refractivity contribution in [2.75, 3.05) is 39.3 Å². The largest absolute Gasteiger partial charge is 0.492 e. The number of carbonyl (C=O) groups is 3. The van der Waals surface area contributed by atoms with Crippen molar-refractivity contribution >= 4 is 30.3 Å². The molecule has 0 spiro atoms. The Hall–Kier alpha value is -3.38. The van der Waals surface area contributed by atoms with Gasteiger partial charge in [-0.1, -0.05) is 12.1 Å². The zero-order valence-corrected chi connectivity index (χ0v) is 20.4. The highest BCUT2D eigenvalue weighted by atomic mass is 35.5. The number of hydrogen-bond acceptors (Lipinski definition) is 5. The van der Waals surface area contributed by atoms with Crippen molar-refractivity contribution in [2.24, 2.45) is 0 Å². The van der Waals surface area contributed by atoms with Gasteiger partial charge in [-0.25, -0.2) is 9.18 Å². The molecule has 8 nitrogen and oxygen atoms in total. The smallest absolute Gasteiger partial charge is 0.416 e. The molecule has 2 fully saturated rings. The zero-order chi connectivity index (χ0) is 25.9. The highest BCUT2D eigenvalue weighted by molar-refractivity contribution is 6.06. The van der Waals surface area contributed by atoms with Crippen molar-refractivity contribution in [1.29, 1.82) is 0 Å². The summed E-state index contributed by atoms with van der Waals surface area (Å²) in [7, 11) is 0. The van der Waals surface area contributed by atoms with E-state index in [-0.39, 0.29) is 36.9 Å². The molecule has 2 aliphatic rings. The van der Waals surface area contributed by atoms with Crippen LogP contribution >= 0.6 is 12.4 Å². The maximum absolute atomic E-state index is 13.0. The summed E-state index contributed by atoms with van der Waals surface area (Å²) in [5.74, 6) is -1.00. The van der Waals surface area contributed by atoms with E-state index in [1.165, 1.54) is 41.3 Å². The van der Waals surface area contributed by atoms with E-state index in [0.717, 1.165) is 17.0 Å². The molecule has 13 heteroatoms. The number of fused-ring (bicyclic) bond motifs is 1. The molecule has 1 unspecified atom stereocenters. The van der Waals surface area contributed by atoms with E-state index in [4.69, 9.17) is 4.74 Å². The lowest BCUT2D eigenvalue weighted by atomic mass is 10.1. The van der Waals surface area contributed by atoms with Gasteiger partial charge in [0.05, 0.1) is 5.56 Å². The number of amides is 4. The number of carbonyl (C=O) groups excluding carboxylic acids is 3. The number of hydrogen-bond donors (Lipinski definition) is 1. The number of piperazine rings is 1. The number of imide groups is 1. The minimum absolute atomic E-state index is 0. The van der Waals surface area contributed by atoms with Crippen molar-refractivity contribution in [3.63, 3.8) is 0 Å². The molecule has 2 aromatic carbocycles. The Morgan fingerprint density at radius 2 is 1.81 bits per heavy atom. The topological polar surface area (TPSA) is 82.2 Å². The Labute approximate surface area is 216 Å². The van der Waals surface area contributed by atoms with E-state index >= 15 is 0 Å². The van der Waals surface area contributed by atoms with Gasteiger partial charge >= 0.3 is 12.2 Å². The Kier molecular flexibility index (Phi) is 8.98. The summed E-state index contributed by atoms with van der Waals surface area (Å²) >= 11 is 0. The van der Waals surface area contributed by atoms with Crippen LogP contribution in [0.2, 0.25) is 0 Å². The van der Waals surface area contributed by atoms with Gasteiger partial charge in [0.2, 0.25) is 5.91 Å². The highest BCUT2D eigenvalue weighted by Gasteiger charge is 2.48. The molecule has 0 aromatic heterocycles. The Bertz CT molecular complexity index is 1130. The van der Waals surface area contributed by atoms with Gasteiger partial charge in [-0.05, 0) is 42.0 Å². The summed E-state index contributed by atoms with van der Waals surface area (Å²) < 4.78 is 57.1. The van der Waals surface area contributed by atoms with Crippen LogP contribution in [-0.4, -0.2) is 77.9 Å². The lowest BCUT2D eigenvalue weighted by Crippen LogP contribution is -2.53. The van der Waals surface area contributed by atoms with Crippen LogP contribution in [0.4, 0.5) is 22.4 Å². The second-order valence-electron chi connectivity index (χ2n) is 8.49. The number of rotatable bonds is 8. The number of ether oxygens (including phenoxy) is 1. The fraction of sp³-hybridized carbons (Fsp3) is 0.375. The van der Waals surface area contributed by atoms with Gasteiger partial charge in [-0.15, -0.1) is 12.4 Å². The summed E-state index contributed by atoms with van der Waals surface area (Å²) in [6, 6.07) is 8.87. The number of nitrogens with one attached hydrogen (secondary N) is 1. The third-order valence-electron chi connectivity index (χ3n) is 6.03. The molecule has 1 atom stereocenters. The van der Waals surface area contributed by atoms with Crippen LogP contribution in [0.15, 0.2) is 48.5 Å². The Morgan fingerprint density at radius 1 is 1.08 bits per heavy atom. The van der Waals surface area contributed by atoms with E-state index in [0.29, 0.717) is 32.0 Å². The molecule has 4 amide bonds. The monoisotopic (exact) mass is 544 g/mol. The van der Waals surface area contributed by atoms with Gasteiger partial charge in [-0.2, -0.15) is 13.2 Å². The first-order valence-corrected chi connectivity index (χ1v) is 11.3.